The van der Waals surface area contributed by atoms with Crippen LogP contribution in [-0.4, -0.2) is 30.6 Å². The Morgan fingerprint density at radius 1 is 1.16 bits per heavy atom. The van der Waals surface area contributed by atoms with Crippen LogP contribution in [0.15, 0.2) is 24.4 Å². The first-order valence-corrected chi connectivity index (χ1v) is 10.7. The monoisotopic (exact) mass is 431 g/mol. The van der Waals surface area contributed by atoms with Crippen molar-refractivity contribution in [2.24, 2.45) is 11.3 Å². The van der Waals surface area contributed by atoms with E-state index >= 15 is 0 Å². The van der Waals surface area contributed by atoms with E-state index in [0.29, 0.717) is 11.5 Å². The zero-order valence-electron chi connectivity index (χ0n) is 19.0. The molecule has 0 bridgehead atoms. The SMILES string of the molecule is CC(=O)Oc1ccc(C=CNC(=O)COC2CCCC(C)(C(C)C)C2)cc1OC(C)=O. The molecule has 1 aliphatic rings. The minimum absolute atomic E-state index is 0.00721. The van der Waals surface area contributed by atoms with E-state index in [4.69, 9.17) is 14.2 Å². The number of benzene rings is 1. The zero-order chi connectivity index (χ0) is 23.0. The Labute approximate surface area is 184 Å². The van der Waals surface area contributed by atoms with Crippen molar-refractivity contribution in [2.45, 2.75) is 66.4 Å². The molecule has 7 heteroatoms. The Morgan fingerprint density at radius 2 is 1.84 bits per heavy atom. The third kappa shape index (κ3) is 7.83. The first-order chi connectivity index (χ1) is 14.6. The molecule has 1 aromatic carbocycles. The molecule has 0 aliphatic heterocycles. The second-order valence-electron chi connectivity index (χ2n) is 8.63. The van der Waals surface area contributed by atoms with E-state index in [2.05, 4.69) is 26.1 Å². The van der Waals surface area contributed by atoms with Gasteiger partial charge in [0.25, 0.3) is 0 Å². The third-order valence-corrected chi connectivity index (χ3v) is 5.81. The zero-order valence-corrected chi connectivity index (χ0v) is 19.0. The maximum absolute atomic E-state index is 12.1. The van der Waals surface area contributed by atoms with E-state index in [1.165, 1.54) is 32.5 Å². The molecule has 170 valence electrons. The summed E-state index contributed by atoms with van der Waals surface area (Å²) in [5.74, 6) is -0.417. The van der Waals surface area contributed by atoms with Crippen molar-refractivity contribution in [3.63, 3.8) is 0 Å². The van der Waals surface area contributed by atoms with Gasteiger partial charge < -0.3 is 19.5 Å². The van der Waals surface area contributed by atoms with Gasteiger partial charge in [0.2, 0.25) is 5.91 Å². The van der Waals surface area contributed by atoms with Crippen LogP contribution in [0.1, 0.15) is 65.9 Å². The Kier molecular flexibility index (Phi) is 8.80. The average molecular weight is 432 g/mol. The average Bonchev–Trinajstić information content (AvgIpc) is 2.67. The lowest BCUT2D eigenvalue weighted by Crippen LogP contribution is -2.36. The number of esters is 2. The van der Waals surface area contributed by atoms with Crippen LogP contribution in [0.5, 0.6) is 11.5 Å². The lowest BCUT2D eigenvalue weighted by molar-refractivity contribution is -0.134. The first-order valence-electron chi connectivity index (χ1n) is 10.7. The van der Waals surface area contributed by atoms with Crippen LogP contribution in [0.2, 0.25) is 0 Å². The van der Waals surface area contributed by atoms with Crippen LogP contribution in [0.3, 0.4) is 0 Å². The number of hydrogen-bond acceptors (Lipinski definition) is 6. The summed E-state index contributed by atoms with van der Waals surface area (Å²) in [6, 6.07) is 4.76. The van der Waals surface area contributed by atoms with Crippen molar-refractivity contribution < 1.29 is 28.6 Å². The fourth-order valence-electron chi connectivity index (χ4n) is 3.69. The number of rotatable bonds is 8. The predicted octanol–water partition coefficient (Wildman–Crippen LogP) is 4.25. The highest BCUT2D eigenvalue weighted by Crippen LogP contribution is 2.42. The number of carbonyl (C=O) groups is 3. The highest BCUT2D eigenvalue weighted by Gasteiger charge is 2.35. The maximum atomic E-state index is 12.1. The van der Waals surface area contributed by atoms with Crippen molar-refractivity contribution in [2.75, 3.05) is 6.61 Å². The molecule has 0 heterocycles. The molecule has 2 unspecified atom stereocenters. The van der Waals surface area contributed by atoms with Crippen LogP contribution in [0.25, 0.3) is 6.08 Å². The molecule has 1 aromatic rings. The van der Waals surface area contributed by atoms with E-state index in [1.54, 1.807) is 18.2 Å². The number of hydrogen-bond donors (Lipinski definition) is 1. The van der Waals surface area contributed by atoms with Gasteiger partial charge in [0.05, 0.1) is 6.10 Å². The molecule has 2 rings (SSSR count). The molecule has 1 aliphatic carbocycles. The summed E-state index contributed by atoms with van der Waals surface area (Å²) in [6.07, 6.45) is 7.54. The molecule has 0 spiro atoms. The van der Waals surface area contributed by atoms with Crippen molar-refractivity contribution in [3.8, 4) is 11.5 Å². The Hall–Kier alpha value is -2.67. The molecule has 1 amide bonds. The standard InChI is InChI=1S/C24H33NO6/c1-16(2)24(5)11-6-7-20(14-24)29-15-23(28)25-12-10-19-8-9-21(30-17(3)26)22(13-19)31-18(4)27/h8-10,12-13,16,20H,6-7,11,14-15H2,1-5H3,(H,25,28). The maximum Gasteiger partial charge on any atom is 0.308 e. The van der Waals surface area contributed by atoms with E-state index in [0.717, 1.165) is 19.3 Å². The van der Waals surface area contributed by atoms with Crippen LogP contribution in [0.4, 0.5) is 0 Å². The molecule has 1 fully saturated rings. The third-order valence-electron chi connectivity index (χ3n) is 5.81. The smallest absolute Gasteiger partial charge is 0.308 e. The fraction of sp³-hybridized carbons (Fsp3) is 0.542. The summed E-state index contributed by atoms with van der Waals surface area (Å²) in [4.78, 5) is 34.6. The number of amides is 1. The predicted molar refractivity (Wildman–Crippen MR) is 117 cm³/mol. The number of nitrogens with one attached hydrogen (secondary N) is 1. The quantitative estimate of drug-likeness (QED) is 0.489. The van der Waals surface area contributed by atoms with E-state index in [-0.39, 0.29) is 35.5 Å². The Bertz CT molecular complexity index is 831. The van der Waals surface area contributed by atoms with Gasteiger partial charge in [-0.1, -0.05) is 33.3 Å². The molecule has 2 atom stereocenters. The fourth-order valence-corrected chi connectivity index (χ4v) is 3.69. The van der Waals surface area contributed by atoms with Gasteiger partial charge in [-0.2, -0.15) is 0 Å². The topological polar surface area (TPSA) is 90.9 Å². The van der Waals surface area contributed by atoms with Crippen LogP contribution < -0.4 is 14.8 Å². The lowest BCUT2D eigenvalue weighted by atomic mass is 9.67. The van der Waals surface area contributed by atoms with Gasteiger partial charge in [-0.25, -0.2) is 0 Å². The summed E-state index contributed by atoms with van der Waals surface area (Å²) in [5, 5.41) is 2.68. The van der Waals surface area contributed by atoms with Crippen molar-refractivity contribution in [3.05, 3.63) is 30.0 Å². The molecule has 0 aromatic heterocycles. The second-order valence-corrected chi connectivity index (χ2v) is 8.63. The van der Waals surface area contributed by atoms with Gasteiger partial charge in [-0.15, -0.1) is 0 Å². The Morgan fingerprint density at radius 3 is 2.48 bits per heavy atom. The number of carbonyl (C=O) groups excluding carboxylic acids is 3. The van der Waals surface area contributed by atoms with Gasteiger partial charge in [0.1, 0.15) is 6.61 Å². The molecule has 1 N–H and O–H groups in total. The van der Waals surface area contributed by atoms with Crippen LogP contribution in [0, 0.1) is 11.3 Å². The Balaban J connectivity index is 1.89. The molecular formula is C24H33NO6. The van der Waals surface area contributed by atoms with Gasteiger partial charge in [0.15, 0.2) is 11.5 Å². The highest BCUT2D eigenvalue weighted by atomic mass is 16.6. The molecule has 31 heavy (non-hydrogen) atoms. The summed E-state index contributed by atoms with van der Waals surface area (Å²) in [6.45, 7) is 9.31. The highest BCUT2D eigenvalue weighted by molar-refractivity contribution is 5.79. The largest absolute Gasteiger partial charge is 0.423 e. The number of ether oxygens (including phenoxy) is 3. The van der Waals surface area contributed by atoms with Crippen LogP contribution >= 0.6 is 0 Å². The van der Waals surface area contributed by atoms with Crippen molar-refractivity contribution in [1.29, 1.82) is 0 Å². The molecule has 0 saturated heterocycles. The van der Waals surface area contributed by atoms with Gasteiger partial charge in [0, 0.05) is 20.0 Å². The van der Waals surface area contributed by atoms with Crippen molar-refractivity contribution >= 4 is 23.9 Å². The van der Waals surface area contributed by atoms with Gasteiger partial charge in [-0.05, 0) is 54.4 Å². The second kappa shape index (κ2) is 11.1. The molecule has 1 saturated carbocycles. The van der Waals surface area contributed by atoms with Crippen molar-refractivity contribution in [1.82, 2.24) is 5.32 Å². The summed E-state index contributed by atoms with van der Waals surface area (Å²) >= 11 is 0. The summed E-state index contributed by atoms with van der Waals surface area (Å²) in [7, 11) is 0. The molecule has 7 nitrogen and oxygen atoms in total. The lowest BCUT2D eigenvalue weighted by Gasteiger charge is -2.41. The van der Waals surface area contributed by atoms with E-state index in [9.17, 15) is 14.4 Å². The first kappa shape index (κ1) is 24.6. The normalized spacial score (nSPS) is 21.2. The van der Waals surface area contributed by atoms with E-state index in [1.807, 2.05) is 0 Å². The molecular weight excluding hydrogens is 398 g/mol. The van der Waals surface area contributed by atoms with E-state index < -0.39 is 11.9 Å². The van der Waals surface area contributed by atoms with Gasteiger partial charge in [-0.3, -0.25) is 14.4 Å². The minimum atomic E-state index is -0.531. The summed E-state index contributed by atoms with van der Waals surface area (Å²) < 4.78 is 16.0. The minimum Gasteiger partial charge on any atom is -0.423 e. The van der Waals surface area contributed by atoms with Gasteiger partial charge >= 0.3 is 11.9 Å². The van der Waals surface area contributed by atoms with Crippen LogP contribution in [-0.2, 0) is 19.1 Å². The molecule has 0 radical (unpaired) electrons. The summed E-state index contributed by atoms with van der Waals surface area (Å²) in [5.41, 5.74) is 0.922.